The molecular formula is C32H29Cu3N8O15+. The van der Waals surface area contributed by atoms with Crippen LogP contribution < -0.4 is 30.6 Å². The molecular weight excluding hydrogens is 927 g/mol. The zero-order valence-corrected chi connectivity index (χ0v) is 31.4. The van der Waals surface area contributed by atoms with E-state index in [1.165, 1.54) is 0 Å². The Labute approximate surface area is 358 Å². The van der Waals surface area contributed by atoms with Gasteiger partial charge in [-0.25, -0.2) is 9.97 Å². The van der Waals surface area contributed by atoms with Crippen molar-refractivity contribution in [3.63, 3.8) is 0 Å². The number of pyridine rings is 4. The summed E-state index contributed by atoms with van der Waals surface area (Å²) < 4.78 is 0. The molecule has 6 aromatic rings. The minimum atomic E-state index is -1.87. The number of aromatic nitrogens is 8. The first kappa shape index (κ1) is 63.5. The van der Waals surface area contributed by atoms with E-state index in [0.717, 1.165) is 22.8 Å². The number of rotatable bonds is 6. The fraction of sp³-hybridized carbons (Fsp3) is 0. The second-order valence-corrected chi connectivity index (χ2v) is 8.83. The van der Waals surface area contributed by atoms with Crippen molar-refractivity contribution in [2.24, 2.45) is 0 Å². The first-order valence-electron chi connectivity index (χ1n) is 13.6. The second-order valence-electron chi connectivity index (χ2n) is 8.83. The van der Waals surface area contributed by atoms with Crippen LogP contribution in [0.25, 0.3) is 22.8 Å². The molecule has 0 amide bonds. The number of nitrogens with zero attached hydrogens (tertiary/aromatic N) is 8. The van der Waals surface area contributed by atoms with Gasteiger partial charge in [-0.3, -0.25) is 29.9 Å². The third kappa shape index (κ3) is 20.5. The summed E-state index contributed by atoms with van der Waals surface area (Å²) in [5.74, 6) is -9.47. The number of hydrogen-bond donors (Lipinski definition) is 0. The summed E-state index contributed by atoms with van der Waals surface area (Å²) in [6, 6.07) is 23.2. The van der Waals surface area contributed by atoms with Crippen LogP contribution in [0.4, 0.5) is 0 Å². The van der Waals surface area contributed by atoms with Crippen LogP contribution in [0.1, 0.15) is 42.0 Å². The first-order chi connectivity index (χ1) is 24.0. The van der Waals surface area contributed by atoms with Crippen molar-refractivity contribution in [1.29, 1.82) is 0 Å². The molecule has 0 aromatic carbocycles. The van der Waals surface area contributed by atoms with Gasteiger partial charge in [0.2, 0.25) is 0 Å². The minimum absolute atomic E-state index is 0. The van der Waals surface area contributed by atoms with Crippen LogP contribution in [0.2, 0.25) is 0 Å². The van der Waals surface area contributed by atoms with E-state index in [-0.39, 0.29) is 78.6 Å². The summed E-state index contributed by atoms with van der Waals surface area (Å²) in [6.45, 7) is 0. The number of hydrogen-bond acceptors (Lipinski definition) is 18. The molecule has 0 bridgehead atoms. The van der Waals surface area contributed by atoms with Gasteiger partial charge >= 0.3 is 51.2 Å². The van der Waals surface area contributed by atoms with Crippen molar-refractivity contribution >= 4 is 23.9 Å². The molecule has 0 atom stereocenters. The largest absolute Gasteiger partial charge is 2.00 e. The first-order valence-corrected chi connectivity index (χ1v) is 13.6. The quantitative estimate of drug-likeness (QED) is 0.111. The number of carboxylic acid groups (broad SMARTS) is 4. The maximum absolute atomic E-state index is 10.6. The molecule has 58 heavy (non-hydrogen) atoms. The van der Waals surface area contributed by atoms with Crippen LogP contribution in [0.3, 0.4) is 0 Å². The molecule has 319 valence electrons. The van der Waals surface area contributed by atoms with E-state index in [9.17, 15) is 49.8 Å². The molecule has 23 nitrogen and oxygen atoms in total. The summed E-state index contributed by atoms with van der Waals surface area (Å²) in [7, 11) is 0. The van der Waals surface area contributed by atoms with E-state index in [0.29, 0.717) is 12.4 Å². The number of carbonyl (C=O) groups is 4. The predicted molar refractivity (Wildman–Crippen MR) is 175 cm³/mol. The van der Waals surface area contributed by atoms with Crippen LogP contribution in [-0.2, 0) is 56.7 Å². The van der Waals surface area contributed by atoms with Crippen molar-refractivity contribution in [2.45, 2.75) is 0 Å². The van der Waals surface area contributed by atoms with E-state index in [4.69, 9.17) is 0 Å². The SMILES string of the molecule is O.O.O.O.O=C([O-])c1cnc([O-])c(C(=O)[O-])n1.O=C([O-])c1cnc([O-])c(C(=O)[O-])n1.[Cu+2].[Cu+2].[Cu+2].[OH3+].c1ccc(-c2ccccn2)nc1.c1ccc(-c2ccccn2)nc1. The summed E-state index contributed by atoms with van der Waals surface area (Å²) in [5.41, 5.74) is 0.133. The molecule has 3 radical (unpaired) electrons. The Balaban J connectivity index is -0.000000149. The molecule has 6 aromatic heterocycles. The third-order valence-electron chi connectivity index (χ3n) is 5.47. The van der Waals surface area contributed by atoms with Gasteiger partial charge in [-0.2, -0.15) is 0 Å². The van der Waals surface area contributed by atoms with E-state index in [1.807, 2.05) is 72.8 Å². The van der Waals surface area contributed by atoms with Crippen molar-refractivity contribution in [3.8, 4) is 34.5 Å². The minimum Gasteiger partial charge on any atom is -0.857 e. The molecule has 0 spiro atoms. The fourth-order valence-corrected chi connectivity index (χ4v) is 3.28. The molecule has 0 aliphatic heterocycles. The molecule has 11 N–H and O–H groups in total. The zero-order valence-electron chi connectivity index (χ0n) is 28.5. The van der Waals surface area contributed by atoms with Crippen LogP contribution in [0, 0.1) is 0 Å². The Hall–Kier alpha value is -6.40. The number of aromatic carboxylic acids is 4. The van der Waals surface area contributed by atoms with Gasteiger partial charge in [0.05, 0.1) is 70.4 Å². The molecule has 0 fully saturated rings. The number of carboxylic acids is 4. The Kier molecular flexibility index (Phi) is 35.9. The van der Waals surface area contributed by atoms with Gasteiger partial charge in [0.25, 0.3) is 0 Å². The van der Waals surface area contributed by atoms with Crippen LogP contribution in [0.15, 0.2) is 110 Å². The van der Waals surface area contributed by atoms with Gasteiger partial charge in [0, 0.05) is 36.5 Å². The molecule has 6 heterocycles. The fourth-order valence-electron chi connectivity index (χ4n) is 3.28. The molecule has 0 aliphatic rings. The predicted octanol–water partition coefficient (Wildman–Crippen LogP) is -7.39. The van der Waals surface area contributed by atoms with Crippen LogP contribution in [0.5, 0.6) is 11.8 Å². The van der Waals surface area contributed by atoms with Gasteiger partial charge < -0.3 is 77.2 Å². The van der Waals surface area contributed by atoms with Gasteiger partial charge in [-0.15, -0.1) is 0 Å². The van der Waals surface area contributed by atoms with Crippen molar-refractivity contribution in [1.82, 2.24) is 39.9 Å². The zero-order chi connectivity index (χ0) is 36.5. The maximum Gasteiger partial charge on any atom is 2.00 e. The van der Waals surface area contributed by atoms with Crippen LogP contribution >= 0.6 is 0 Å². The summed E-state index contributed by atoms with van der Waals surface area (Å²) in [5, 5.41) is 61.9. The van der Waals surface area contributed by atoms with E-state index < -0.39 is 58.4 Å². The summed E-state index contributed by atoms with van der Waals surface area (Å²) in [6.07, 6.45) is 8.30. The molecule has 0 saturated carbocycles. The Morgan fingerprint density at radius 1 is 0.397 bits per heavy atom. The van der Waals surface area contributed by atoms with E-state index >= 15 is 0 Å². The monoisotopic (exact) mass is 954 g/mol. The average molecular weight is 956 g/mol. The van der Waals surface area contributed by atoms with Crippen molar-refractivity contribution in [2.75, 3.05) is 0 Å². The third-order valence-corrected chi connectivity index (χ3v) is 5.47. The summed E-state index contributed by atoms with van der Waals surface area (Å²) in [4.78, 5) is 69.3. The molecule has 26 heteroatoms. The van der Waals surface area contributed by atoms with Gasteiger partial charge in [-0.1, -0.05) is 24.3 Å². The second kappa shape index (κ2) is 32.8. The molecule has 0 saturated heterocycles. The topological polar surface area (TPSA) is 469 Å². The maximum atomic E-state index is 10.6. The average Bonchev–Trinajstić information content (AvgIpc) is 3.14. The normalized spacial score (nSPS) is 8.28. The molecule has 6 rings (SSSR count). The standard InChI is InChI=1S/2C10H8N2.2C6H4N2O5.3Cu.5H2O/c2*1-3-7-11-9(5-1)10-6-2-4-8-12-10;2*9-4-3(6(12)13)8-2(1-7-4)5(10)11;;;;;;;;/h2*1-8H;2*1H,(H,7,9)(H,10,11)(H,12,13);;;;5*1H2/q;;;;3*+2;;;;;/p-5. The van der Waals surface area contributed by atoms with Gasteiger partial charge in [-0.05, 0) is 48.5 Å². The molecule has 0 aliphatic carbocycles. The Morgan fingerprint density at radius 2 is 0.638 bits per heavy atom. The van der Waals surface area contributed by atoms with E-state index in [1.54, 1.807) is 24.8 Å². The molecule has 0 unspecified atom stereocenters. The number of carbonyl (C=O) groups excluding carboxylic acids is 4. The van der Waals surface area contributed by atoms with E-state index in [2.05, 4.69) is 39.9 Å². The smallest absolute Gasteiger partial charge is 0.857 e. The Bertz CT molecular complexity index is 1850. The van der Waals surface area contributed by atoms with Gasteiger partial charge in [0.15, 0.2) is 0 Å². The van der Waals surface area contributed by atoms with Gasteiger partial charge in [0.1, 0.15) is 11.4 Å². The van der Waals surface area contributed by atoms with Crippen molar-refractivity contribution in [3.05, 3.63) is 133 Å². The summed E-state index contributed by atoms with van der Waals surface area (Å²) >= 11 is 0. The Morgan fingerprint density at radius 3 is 0.810 bits per heavy atom. The van der Waals surface area contributed by atoms with Crippen LogP contribution in [-0.4, -0.2) is 85.7 Å². The van der Waals surface area contributed by atoms with Crippen molar-refractivity contribution < 1.29 is 128 Å².